The molecule has 0 aliphatic heterocycles. The third kappa shape index (κ3) is 4.26. The van der Waals surface area contributed by atoms with Crippen LogP contribution in [0.3, 0.4) is 0 Å². The van der Waals surface area contributed by atoms with Crippen molar-refractivity contribution in [2.45, 2.75) is 73.3 Å². The van der Waals surface area contributed by atoms with Gasteiger partial charge in [-0.1, -0.05) is 13.8 Å². The number of aromatic amines is 2. The van der Waals surface area contributed by atoms with Crippen molar-refractivity contribution in [2.75, 3.05) is 0 Å². The van der Waals surface area contributed by atoms with Gasteiger partial charge in [-0.05, 0) is 69.7 Å². The lowest BCUT2D eigenvalue weighted by Gasteiger charge is -2.19. The highest BCUT2D eigenvalue weighted by atomic mass is 16.6. The van der Waals surface area contributed by atoms with E-state index in [1.807, 2.05) is 48.5 Å². The van der Waals surface area contributed by atoms with Gasteiger partial charge in [-0.25, -0.2) is 9.59 Å². The molecule has 0 amide bonds. The van der Waals surface area contributed by atoms with Crippen LogP contribution in [-0.2, 0) is 24.0 Å². The standard InChI is InChI=1S/C21H30N2O4/c1-8-13-12(4)17(19(24)25)23-16(13)10-15-11(3)14(9-2)18(22-15)20(26)27-21(5,6)7/h22-23H,8-10H2,1-7H3,(H,24,25). The fourth-order valence-corrected chi connectivity index (χ4v) is 3.53. The van der Waals surface area contributed by atoms with Crippen molar-refractivity contribution in [1.82, 2.24) is 9.97 Å². The average Bonchev–Trinajstić information content (AvgIpc) is 3.03. The van der Waals surface area contributed by atoms with Gasteiger partial charge in [0.1, 0.15) is 17.0 Å². The third-order valence-corrected chi connectivity index (χ3v) is 4.83. The Kier molecular flexibility index (Phi) is 5.88. The van der Waals surface area contributed by atoms with Crippen LogP contribution in [0.5, 0.6) is 0 Å². The number of nitrogens with one attached hydrogen (secondary N) is 2. The van der Waals surface area contributed by atoms with Crippen molar-refractivity contribution in [2.24, 2.45) is 0 Å². The third-order valence-electron chi connectivity index (χ3n) is 4.83. The first-order valence-corrected chi connectivity index (χ1v) is 9.37. The number of hydrogen-bond donors (Lipinski definition) is 3. The van der Waals surface area contributed by atoms with Gasteiger partial charge >= 0.3 is 11.9 Å². The minimum atomic E-state index is -0.958. The van der Waals surface area contributed by atoms with Crippen LogP contribution in [0.2, 0.25) is 0 Å². The minimum absolute atomic E-state index is 0.231. The summed E-state index contributed by atoms with van der Waals surface area (Å²) < 4.78 is 5.53. The predicted octanol–water partition coefficient (Wildman–Crippen LogP) is 4.33. The summed E-state index contributed by atoms with van der Waals surface area (Å²) in [6.07, 6.45) is 1.96. The van der Waals surface area contributed by atoms with Crippen LogP contribution in [0, 0.1) is 13.8 Å². The second-order valence-corrected chi connectivity index (χ2v) is 7.86. The number of carboxylic acids is 1. The van der Waals surface area contributed by atoms with E-state index in [1.54, 1.807) is 0 Å². The summed E-state index contributed by atoms with van der Waals surface area (Å²) in [7, 11) is 0. The van der Waals surface area contributed by atoms with Crippen LogP contribution in [0.1, 0.15) is 89.2 Å². The monoisotopic (exact) mass is 374 g/mol. The lowest BCUT2D eigenvalue weighted by molar-refractivity contribution is 0.00620. The van der Waals surface area contributed by atoms with E-state index in [9.17, 15) is 14.7 Å². The number of carboxylic acid groups (broad SMARTS) is 1. The number of carbonyl (C=O) groups excluding carboxylic acids is 1. The molecule has 0 aromatic carbocycles. The van der Waals surface area contributed by atoms with Gasteiger partial charge in [0.2, 0.25) is 0 Å². The number of aromatic nitrogens is 2. The normalized spacial score (nSPS) is 11.7. The molecule has 0 saturated heterocycles. The zero-order valence-corrected chi connectivity index (χ0v) is 17.3. The lowest BCUT2D eigenvalue weighted by atomic mass is 10.0. The van der Waals surface area contributed by atoms with Crippen LogP contribution in [0.4, 0.5) is 0 Å². The Morgan fingerprint density at radius 2 is 1.48 bits per heavy atom. The second-order valence-electron chi connectivity index (χ2n) is 7.86. The van der Waals surface area contributed by atoms with E-state index in [1.165, 1.54) is 0 Å². The van der Waals surface area contributed by atoms with E-state index in [2.05, 4.69) is 9.97 Å². The fourth-order valence-electron chi connectivity index (χ4n) is 3.53. The molecule has 2 aromatic rings. The molecular weight excluding hydrogens is 344 g/mol. The van der Waals surface area contributed by atoms with Gasteiger partial charge in [0.15, 0.2) is 0 Å². The minimum Gasteiger partial charge on any atom is -0.477 e. The van der Waals surface area contributed by atoms with Gasteiger partial charge < -0.3 is 19.8 Å². The molecule has 6 nitrogen and oxygen atoms in total. The fraction of sp³-hybridized carbons (Fsp3) is 0.524. The molecule has 0 unspecified atom stereocenters. The van der Waals surface area contributed by atoms with Crippen molar-refractivity contribution in [3.8, 4) is 0 Å². The molecule has 2 aromatic heterocycles. The van der Waals surface area contributed by atoms with E-state index < -0.39 is 11.6 Å². The van der Waals surface area contributed by atoms with Gasteiger partial charge in [-0.2, -0.15) is 0 Å². The summed E-state index contributed by atoms with van der Waals surface area (Å²) in [6, 6.07) is 0. The van der Waals surface area contributed by atoms with Crippen LogP contribution in [0.15, 0.2) is 0 Å². The van der Waals surface area contributed by atoms with Gasteiger partial charge in [0.25, 0.3) is 0 Å². The first-order valence-electron chi connectivity index (χ1n) is 9.37. The van der Waals surface area contributed by atoms with Crippen molar-refractivity contribution in [3.63, 3.8) is 0 Å². The Hall–Kier alpha value is -2.50. The molecule has 148 valence electrons. The molecule has 27 heavy (non-hydrogen) atoms. The number of ether oxygens (including phenoxy) is 1. The SMILES string of the molecule is CCc1c(Cc2[nH]c(C(=O)OC(C)(C)C)c(CC)c2C)[nH]c(C(=O)O)c1C. The maximum atomic E-state index is 12.6. The van der Waals surface area contributed by atoms with Crippen LogP contribution in [0.25, 0.3) is 0 Å². The van der Waals surface area contributed by atoms with E-state index in [0.29, 0.717) is 18.5 Å². The summed E-state index contributed by atoms with van der Waals surface area (Å²) in [5.74, 6) is -1.32. The summed E-state index contributed by atoms with van der Waals surface area (Å²) in [5.41, 5.74) is 5.67. The second kappa shape index (κ2) is 7.62. The number of hydrogen-bond acceptors (Lipinski definition) is 3. The predicted molar refractivity (Wildman–Crippen MR) is 105 cm³/mol. The highest BCUT2D eigenvalue weighted by Gasteiger charge is 2.25. The van der Waals surface area contributed by atoms with Crippen molar-refractivity contribution >= 4 is 11.9 Å². The highest BCUT2D eigenvalue weighted by molar-refractivity contribution is 5.90. The molecule has 0 fully saturated rings. The molecule has 0 aliphatic carbocycles. The smallest absolute Gasteiger partial charge is 0.355 e. The molecule has 6 heteroatoms. The van der Waals surface area contributed by atoms with Crippen LogP contribution < -0.4 is 0 Å². The van der Waals surface area contributed by atoms with Crippen LogP contribution >= 0.6 is 0 Å². The van der Waals surface area contributed by atoms with Gasteiger partial charge in [0.05, 0.1) is 0 Å². The summed E-state index contributed by atoms with van der Waals surface area (Å²) >= 11 is 0. The Morgan fingerprint density at radius 1 is 0.926 bits per heavy atom. The Balaban J connectivity index is 2.45. The maximum absolute atomic E-state index is 12.6. The Morgan fingerprint density at radius 3 is 1.96 bits per heavy atom. The quantitative estimate of drug-likeness (QED) is 0.656. The molecule has 0 aliphatic rings. The first kappa shape index (κ1) is 20.8. The molecule has 0 atom stereocenters. The van der Waals surface area contributed by atoms with Gasteiger partial charge in [0, 0.05) is 17.8 Å². The molecule has 0 saturated carbocycles. The largest absolute Gasteiger partial charge is 0.477 e. The first-order chi connectivity index (χ1) is 12.5. The summed E-state index contributed by atoms with van der Waals surface area (Å²) in [4.78, 5) is 30.3. The summed E-state index contributed by atoms with van der Waals surface area (Å²) in [5, 5.41) is 9.39. The van der Waals surface area contributed by atoms with E-state index in [4.69, 9.17) is 4.74 Å². The number of esters is 1. The topological polar surface area (TPSA) is 95.2 Å². The number of aromatic carboxylic acids is 1. The van der Waals surface area contributed by atoms with E-state index >= 15 is 0 Å². The molecule has 2 rings (SSSR count). The Bertz CT molecular complexity index is 866. The molecule has 3 N–H and O–H groups in total. The zero-order chi connectivity index (χ0) is 20.5. The Labute approximate surface area is 160 Å². The zero-order valence-electron chi connectivity index (χ0n) is 17.3. The lowest BCUT2D eigenvalue weighted by Crippen LogP contribution is -2.24. The van der Waals surface area contributed by atoms with E-state index in [-0.39, 0.29) is 11.7 Å². The van der Waals surface area contributed by atoms with Crippen molar-refractivity contribution in [3.05, 3.63) is 45.0 Å². The van der Waals surface area contributed by atoms with Gasteiger partial charge in [-0.3, -0.25) is 0 Å². The van der Waals surface area contributed by atoms with Crippen molar-refractivity contribution < 1.29 is 19.4 Å². The van der Waals surface area contributed by atoms with Crippen molar-refractivity contribution in [1.29, 1.82) is 0 Å². The van der Waals surface area contributed by atoms with Gasteiger partial charge in [-0.15, -0.1) is 0 Å². The number of carbonyl (C=O) groups is 2. The van der Waals surface area contributed by atoms with E-state index in [0.717, 1.165) is 40.1 Å². The number of H-pyrrole nitrogens is 2. The molecule has 2 heterocycles. The summed E-state index contributed by atoms with van der Waals surface area (Å²) in [6.45, 7) is 13.4. The van der Waals surface area contributed by atoms with Crippen LogP contribution in [-0.4, -0.2) is 32.6 Å². The molecule has 0 radical (unpaired) electrons. The maximum Gasteiger partial charge on any atom is 0.355 e. The molecule has 0 spiro atoms. The number of rotatable bonds is 6. The molecule has 0 bridgehead atoms. The average molecular weight is 374 g/mol. The molecular formula is C21H30N2O4. The highest BCUT2D eigenvalue weighted by Crippen LogP contribution is 2.27.